The molecule has 9 heteroatoms. The molecule has 38 heavy (non-hydrogen) atoms. The van der Waals surface area contributed by atoms with E-state index in [4.69, 9.17) is 5.73 Å². The molecule has 1 aromatic carbocycles. The highest BCUT2D eigenvalue weighted by atomic mass is 16.3. The van der Waals surface area contributed by atoms with Crippen molar-refractivity contribution in [3.8, 4) is 17.6 Å². The minimum Gasteiger partial charge on any atom is -0.508 e. The molecule has 1 saturated carbocycles. The topological polar surface area (TPSA) is 171 Å². The zero-order valence-electron chi connectivity index (χ0n) is 20.8. The van der Waals surface area contributed by atoms with E-state index in [2.05, 4.69) is 16.8 Å². The van der Waals surface area contributed by atoms with E-state index in [1.54, 1.807) is 30.6 Å². The molecule has 0 bridgehead atoms. The maximum atomic E-state index is 13.7. The summed E-state index contributed by atoms with van der Waals surface area (Å²) in [7, 11) is 0. The summed E-state index contributed by atoms with van der Waals surface area (Å²) in [4.78, 5) is 42.0. The lowest BCUT2D eigenvalue weighted by molar-refractivity contribution is -0.147. The molecule has 1 fully saturated rings. The lowest BCUT2D eigenvalue weighted by Gasteiger charge is -2.46. The average molecular weight is 515 g/mol. The molecule has 5 rings (SSSR count). The Morgan fingerprint density at radius 1 is 1.18 bits per heavy atom. The van der Waals surface area contributed by atoms with Crippen molar-refractivity contribution in [2.75, 3.05) is 0 Å². The number of amides is 1. The highest BCUT2D eigenvalue weighted by molar-refractivity contribution is 6.22. The molecule has 194 valence electrons. The number of nitrogens with two attached hydrogens (primary N) is 1. The van der Waals surface area contributed by atoms with Crippen LogP contribution in [0.1, 0.15) is 60.4 Å². The monoisotopic (exact) mass is 514 g/mol. The van der Waals surface area contributed by atoms with E-state index < -0.39 is 52.0 Å². The first-order valence-corrected chi connectivity index (χ1v) is 12.2. The van der Waals surface area contributed by atoms with Crippen LogP contribution in [0.4, 0.5) is 0 Å². The number of aliphatic hydroxyl groups is 3. The summed E-state index contributed by atoms with van der Waals surface area (Å²) in [5, 5.41) is 44.7. The second-order valence-electron chi connectivity index (χ2n) is 10.3. The number of hydrogen-bond donors (Lipinski definition) is 5. The Morgan fingerprint density at radius 3 is 2.55 bits per heavy atom. The first-order valence-electron chi connectivity index (χ1n) is 12.2. The number of fused-ring (bicyclic) bond motifs is 3. The maximum absolute atomic E-state index is 13.7. The van der Waals surface area contributed by atoms with Gasteiger partial charge in [-0.2, -0.15) is 0 Å². The van der Waals surface area contributed by atoms with E-state index in [0.717, 1.165) is 5.56 Å². The molecule has 3 atom stereocenters. The zero-order valence-corrected chi connectivity index (χ0v) is 20.8. The van der Waals surface area contributed by atoms with Crippen LogP contribution in [0.3, 0.4) is 0 Å². The van der Waals surface area contributed by atoms with Crippen molar-refractivity contribution in [2.24, 2.45) is 17.6 Å². The van der Waals surface area contributed by atoms with Crippen molar-refractivity contribution in [1.82, 2.24) is 4.98 Å². The van der Waals surface area contributed by atoms with Crippen LogP contribution in [-0.2, 0) is 20.8 Å². The van der Waals surface area contributed by atoms with Crippen LogP contribution in [0.25, 0.3) is 5.76 Å². The van der Waals surface area contributed by atoms with E-state index in [9.17, 15) is 34.8 Å². The van der Waals surface area contributed by atoms with Gasteiger partial charge in [0, 0.05) is 35.9 Å². The van der Waals surface area contributed by atoms with E-state index in [-0.39, 0.29) is 47.6 Å². The number of benzene rings is 1. The lowest BCUT2D eigenvalue weighted by atomic mass is 9.59. The third kappa shape index (κ3) is 3.60. The van der Waals surface area contributed by atoms with E-state index in [0.29, 0.717) is 11.1 Å². The highest BCUT2D eigenvalue weighted by Gasteiger charge is 2.60. The van der Waals surface area contributed by atoms with Crippen molar-refractivity contribution in [3.63, 3.8) is 0 Å². The third-order valence-corrected chi connectivity index (χ3v) is 7.72. The number of aromatic nitrogens is 1. The van der Waals surface area contributed by atoms with Gasteiger partial charge in [0.15, 0.2) is 11.4 Å². The molecular weight excluding hydrogens is 488 g/mol. The Labute approximate surface area is 218 Å². The molecule has 3 aliphatic carbocycles. The Balaban J connectivity index is 1.71. The fourth-order valence-corrected chi connectivity index (χ4v) is 5.90. The fourth-order valence-electron chi connectivity index (χ4n) is 5.90. The Bertz CT molecular complexity index is 1540. The minimum atomic E-state index is -2.59. The van der Waals surface area contributed by atoms with Crippen molar-refractivity contribution in [1.29, 1.82) is 0 Å². The van der Waals surface area contributed by atoms with Crippen LogP contribution in [0.15, 0.2) is 47.5 Å². The highest BCUT2D eigenvalue weighted by Crippen LogP contribution is 2.53. The van der Waals surface area contributed by atoms with Gasteiger partial charge in [-0.1, -0.05) is 25.7 Å². The molecule has 0 radical (unpaired) electrons. The first-order chi connectivity index (χ1) is 18.0. The van der Waals surface area contributed by atoms with Crippen LogP contribution in [-0.4, -0.2) is 48.5 Å². The van der Waals surface area contributed by atoms with Gasteiger partial charge in [0.1, 0.15) is 22.8 Å². The molecule has 0 saturated heterocycles. The average Bonchev–Trinajstić information content (AvgIpc) is 2.86. The molecule has 0 unspecified atom stereocenters. The van der Waals surface area contributed by atoms with Crippen molar-refractivity contribution in [2.45, 2.75) is 44.6 Å². The van der Waals surface area contributed by atoms with Gasteiger partial charge < -0.3 is 26.2 Å². The normalized spacial score (nSPS) is 24.4. The summed E-state index contributed by atoms with van der Waals surface area (Å²) >= 11 is 0. The van der Waals surface area contributed by atoms with Crippen LogP contribution < -0.4 is 5.73 Å². The number of Topliss-reactive ketones (excluding diaryl/α,β-unsaturated/α-hetero) is 2. The summed E-state index contributed by atoms with van der Waals surface area (Å²) in [6.45, 7) is 3.92. The number of aromatic hydroxyl groups is 1. The number of rotatable bonds is 2. The number of phenols is 1. The molecular formula is C29H26N2O7. The quantitative estimate of drug-likeness (QED) is 0.300. The summed E-state index contributed by atoms with van der Waals surface area (Å²) in [5.74, 6) is -0.719. The number of carbonyl (C=O) groups excluding carboxylic acids is 3. The largest absolute Gasteiger partial charge is 0.508 e. The number of primary amides is 1. The van der Waals surface area contributed by atoms with Crippen LogP contribution in [0, 0.1) is 23.7 Å². The van der Waals surface area contributed by atoms with Gasteiger partial charge in [-0.05, 0) is 54.0 Å². The molecule has 0 spiro atoms. The molecule has 9 nitrogen and oxygen atoms in total. The predicted octanol–water partition coefficient (Wildman–Crippen LogP) is 2.34. The lowest BCUT2D eigenvalue weighted by Crippen LogP contribution is -2.58. The third-order valence-electron chi connectivity index (χ3n) is 7.72. The Morgan fingerprint density at radius 2 is 1.92 bits per heavy atom. The molecule has 6 N–H and O–H groups in total. The molecule has 1 amide bonds. The molecule has 3 aliphatic rings. The van der Waals surface area contributed by atoms with Crippen molar-refractivity contribution >= 4 is 23.2 Å². The van der Waals surface area contributed by atoms with Gasteiger partial charge >= 0.3 is 0 Å². The number of phenolic OH excluding ortho intramolecular Hbond substituents is 1. The number of pyridine rings is 1. The smallest absolute Gasteiger partial charge is 0.255 e. The van der Waals surface area contributed by atoms with Gasteiger partial charge in [0.05, 0.1) is 11.1 Å². The number of nitrogens with zero attached hydrogens (tertiary/aromatic N) is 1. The van der Waals surface area contributed by atoms with Gasteiger partial charge in [-0.3, -0.25) is 19.4 Å². The predicted molar refractivity (Wildman–Crippen MR) is 136 cm³/mol. The fraction of sp³-hybridized carbons (Fsp3) is 0.310. The van der Waals surface area contributed by atoms with E-state index >= 15 is 0 Å². The van der Waals surface area contributed by atoms with Crippen LogP contribution in [0.2, 0.25) is 0 Å². The standard InChI is InChI=1S/C29H26N2O7/c1-13(2)18-9-15(6-5-14-4-3-7-31-12-14)24(33)22-19(18)10-16-8-17-11-20(32)23(28(30)37)27(36)29(17,38)26(35)21(16)25(22)34/h3-4,7,9,12-13,16-17,33-34,36,38H,8,10-11H2,1-2H3,(H2,30,37)/t16-,17+,29+/m1/s1. The summed E-state index contributed by atoms with van der Waals surface area (Å²) in [6.07, 6.45) is 3.17. The van der Waals surface area contributed by atoms with Gasteiger partial charge in [-0.15, -0.1) is 0 Å². The minimum absolute atomic E-state index is 0.0183. The van der Waals surface area contributed by atoms with Crippen molar-refractivity contribution < 1.29 is 34.8 Å². The molecule has 1 heterocycles. The number of carbonyl (C=O) groups is 3. The molecule has 0 aliphatic heterocycles. The van der Waals surface area contributed by atoms with Gasteiger partial charge in [0.25, 0.3) is 5.91 Å². The maximum Gasteiger partial charge on any atom is 0.255 e. The van der Waals surface area contributed by atoms with Gasteiger partial charge in [0.2, 0.25) is 5.78 Å². The van der Waals surface area contributed by atoms with Crippen molar-refractivity contribution in [3.05, 3.63) is 75.3 Å². The Hall–Kier alpha value is -4.42. The van der Waals surface area contributed by atoms with Crippen LogP contribution >= 0.6 is 0 Å². The number of aliphatic hydroxyl groups excluding tert-OH is 2. The van der Waals surface area contributed by atoms with Crippen LogP contribution in [0.5, 0.6) is 5.75 Å². The summed E-state index contributed by atoms with van der Waals surface area (Å²) < 4.78 is 0. The summed E-state index contributed by atoms with van der Waals surface area (Å²) in [5.41, 5.74) is 4.02. The molecule has 2 aromatic rings. The number of ketones is 2. The first kappa shape index (κ1) is 25.2. The van der Waals surface area contributed by atoms with E-state index in [1.807, 2.05) is 13.8 Å². The second kappa shape index (κ2) is 8.85. The molecule has 1 aromatic heterocycles. The van der Waals surface area contributed by atoms with Gasteiger partial charge in [-0.25, -0.2) is 0 Å². The second-order valence-corrected chi connectivity index (χ2v) is 10.3. The van der Waals surface area contributed by atoms with E-state index in [1.165, 1.54) is 0 Å². The number of hydrogen-bond acceptors (Lipinski definition) is 8. The summed E-state index contributed by atoms with van der Waals surface area (Å²) in [6, 6.07) is 5.25. The Kier molecular flexibility index (Phi) is 5.88. The zero-order chi connectivity index (χ0) is 27.5. The SMILES string of the molecule is CC(C)c1cc(C#Cc2cccnc2)c(O)c2c1C[C@H]1C[C@H]3CC(=O)C(C(N)=O)=C(O)[C@@]3(O)C(=O)C1=C2O.